The molecule has 2 aromatic carbocycles. The molecule has 0 radical (unpaired) electrons. The zero-order valence-corrected chi connectivity index (χ0v) is 20.2. The van der Waals surface area contributed by atoms with E-state index in [1.165, 1.54) is 12.0 Å². The van der Waals surface area contributed by atoms with Crippen molar-refractivity contribution in [3.63, 3.8) is 0 Å². The number of hydrogen-bond acceptors (Lipinski definition) is 5. The Labute approximate surface area is 205 Å². The lowest BCUT2D eigenvalue weighted by molar-refractivity contribution is -0.171. The van der Waals surface area contributed by atoms with Crippen molar-refractivity contribution in [1.82, 2.24) is 10.2 Å². The number of aliphatic carboxylic acids is 1. The summed E-state index contributed by atoms with van der Waals surface area (Å²) in [4.78, 5) is 39.3. The Hall–Kier alpha value is -3.39. The Balaban J connectivity index is 1.42. The summed E-state index contributed by atoms with van der Waals surface area (Å²) in [5.41, 5.74) is 3.08. The van der Waals surface area contributed by atoms with E-state index in [0.29, 0.717) is 32.2 Å². The van der Waals surface area contributed by atoms with Crippen molar-refractivity contribution < 1.29 is 29.0 Å². The predicted octanol–water partition coefficient (Wildman–Crippen LogP) is 3.79. The molecule has 1 saturated heterocycles. The van der Waals surface area contributed by atoms with Crippen LogP contribution in [0.4, 0.5) is 4.79 Å². The van der Waals surface area contributed by atoms with E-state index in [4.69, 9.17) is 9.47 Å². The average Bonchev–Trinajstić information content (AvgIpc) is 3.20. The molecule has 2 amide bonds. The van der Waals surface area contributed by atoms with E-state index in [-0.39, 0.29) is 25.0 Å². The molecule has 1 aliphatic carbocycles. The summed E-state index contributed by atoms with van der Waals surface area (Å²) < 4.78 is 10.9. The maximum absolute atomic E-state index is 13.2. The maximum atomic E-state index is 13.2. The molecule has 2 N–H and O–H groups in total. The van der Waals surface area contributed by atoms with E-state index in [1.807, 2.05) is 43.3 Å². The first-order valence-electron chi connectivity index (χ1n) is 12.1. The lowest BCUT2D eigenvalue weighted by atomic mass is 9.92. The van der Waals surface area contributed by atoms with E-state index in [1.54, 1.807) is 0 Å². The van der Waals surface area contributed by atoms with Crippen LogP contribution < -0.4 is 5.32 Å². The summed E-state index contributed by atoms with van der Waals surface area (Å²) in [6, 6.07) is 15.4. The highest BCUT2D eigenvalue weighted by Crippen LogP contribution is 2.44. The Bertz CT molecular complexity index is 1060. The van der Waals surface area contributed by atoms with Crippen LogP contribution in [0.1, 0.15) is 49.7 Å². The number of carbonyl (C=O) groups is 3. The van der Waals surface area contributed by atoms with Crippen molar-refractivity contribution >= 4 is 18.0 Å². The quantitative estimate of drug-likeness (QED) is 0.596. The number of nitrogens with zero attached hydrogens (tertiary/aromatic N) is 1. The van der Waals surface area contributed by atoms with E-state index in [0.717, 1.165) is 22.3 Å². The Morgan fingerprint density at radius 3 is 2.31 bits per heavy atom. The largest absolute Gasteiger partial charge is 0.479 e. The number of fused-ring (bicyclic) bond motifs is 3. The van der Waals surface area contributed by atoms with Crippen molar-refractivity contribution in [3.8, 4) is 11.1 Å². The van der Waals surface area contributed by atoms with Gasteiger partial charge in [0.1, 0.15) is 12.6 Å². The first-order valence-corrected chi connectivity index (χ1v) is 12.1. The first-order chi connectivity index (χ1) is 16.9. The van der Waals surface area contributed by atoms with Gasteiger partial charge in [-0.05, 0) is 41.5 Å². The van der Waals surface area contributed by atoms with Crippen molar-refractivity contribution in [2.24, 2.45) is 0 Å². The predicted molar refractivity (Wildman–Crippen MR) is 130 cm³/mol. The third-order valence-corrected chi connectivity index (χ3v) is 7.06. The third kappa shape index (κ3) is 4.89. The normalized spacial score (nSPS) is 20.0. The lowest BCUT2D eigenvalue weighted by Crippen LogP contribution is -2.59. The standard InChI is InChI=1S/C27H32N2O6/c1-3-9-23(24(30)29-15-8-14-27(17-29,34-2)25(31)32)28-26(33)35-16-22-20-12-6-4-10-18(20)19-11-5-7-13-21(19)22/h4-7,10-13,22-23H,3,8-9,14-17H2,1-2H3,(H,28,33)(H,31,32)/t23-,27?/m0/s1. The molecule has 8 heteroatoms. The molecule has 4 rings (SSSR count). The van der Waals surface area contributed by atoms with Gasteiger partial charge in [0.2, 0.25) is 5.91 Å². The summed E-state index contributed by atoms with van der Waals surface area (Å²) in [5, 5.41) is 12.4. The molecule has 186 valence electrons. The number of carboxylic acid groups (broad SMARTS) is 1. The summed E-state index contributed by atoms with van der Waals surface area (Å²) in [5.74, 6) is -1.48. The minimum atomic E-state index is -1.42. The Kier molecular flexibility index (Phi) is 7.40. The number of methoxy groups -OCH3 is 1. The van der Waals surface area contributed by atoms with Gasteiger partial charge in [-0.15, -0.1) is 0 Å². The minimum Gasteiger partial charge on any atom is -0.479 e. The number of carboxylic acids is 1. The SMILES string of the molecule is CCC[C@H](NC(=O)OCC1c2ccccc2-c2ccccc21)C(=O)N1CCCC(OC)(C(=O)O)C1. The molecular weight excluding hydrogens is 448 g/mol. The van der Waals surface area contributed by atoms with Gasteiger partial charge in [0.05, 0.1) is 6.54 Å². The topological polar surface area (TPSA) is 105 Å². The molecule has 2 aromatic rings. The Morgan fingerprint density at radius 2 is 1.74 bits per heavy atom. The number of rotatable bonds is 8. The van der Waals surface area contributed by atoms with Gasteiger partial charge in [0, 0.05) is 19.6 Å². The highest BCUT2D eigenvalue weighted by atomic mass is 16.5. The fourth-order valence-corrected chi connectivity index (χ4v) is 5.19. The molecule has 1 heterocycles. The molecule has 0 spiro atoms. The molecule has 35 heavy (non-hydrogen) atoms. The van der Waals surface area contributed by atoms with Crippen LogP contribution in [0.3, 0.4) is 0 Å². The van der Waals surface area contributed by atoms with Crippen LogP contribution in [0.5, 0.6) is 0 Å². The van der Waals surface area contributed by atoms with Gasteiger partial charge in [-0.2, -0.15) is 0 Å². The average molecular weight is 481 g/mol. The molecule has 0 bridgehead atoms. The zero-order chi connectivity index (χ0) is 25.0. The highest BCUT2D eigenvalue weighted by molar-refractivity contribution is 5.87. The van der Waals surface area contributed by atoms with Crippen molar-refractivity contribution in [1.29, 1.82) is 0 Å². The summed E-state index contributed by atoms with van der Waals surface area (Å²) in [6.07, 6.45) is 1.28. The monoisotopic (exact) mass is 480 g/mol. The number of nitrogens with one attached hydrogen (secondary N) is 1. The molecule has 8 nitrogen and oxygen atoms in total. The minimum absolute atomic E-state index is 0.0513. The number of amides is 2. The van der Waals surface area contributed by atoms with Crippen LogP contribution in [-0.4, -0.2) is 66.4 Å². The van der Waals surface area contributed by atoms with E-state index >= 15 is 0 Å². The second kappa shape index (κ2) is 10.5. The van der Waals surface area contributed by atoms with E-state index in [2.05, 4.69) is 17.4 Å². The second-order valence-electron chi connectivity index (χ2n) is 9.18. The number of ether oxygens (including phenoxy) is 2. The molecular formula is C27H32N2O6. The highest BCUT2D eigenvalue weighted by Gasteiger charge is 2.45. The summed E-state index contributed by atoms with van der Waals surface area (Å²) in [6.45, 7) is 2.45. The van der Waals surface area contributed by atoms with Gasteiger partial charge in [-0.3, -0.25) is 4.79 Å². The molecule has 1 aliphatic heterocycles. The molecule has 1 unspecified atom stereocenters. The number of piperidine rings is 1. The summed E-state index contributed by atoms with van der Waals surface area (Å²) >= 11 is 0. The third-order valence-electron chi connectivity index (χ3n) is 7.06. The Morgan fingerprint density at radius 1 is 1.11 bits per heavy atom. The van der Waals surface area contributed by atoms with Crippen LogP contribution in [0.25, 0.3) is 11.1 Å². The summed E-state index contributed by atoms with van der Waals surface area (Å²) in [7, 11) is 1.35. The number of carbonyl (C=O) groups excluding carboxylic acids is 2. The van der Waals surface area contributed by atoms with Crippen LogP contribution in [0.2, 0.25) is 0 Å². The molecule has 2 atom stereocenters. The van der Waals surface area contributed by atoms with E-state index in [9.17, 15) is 19.5 Å². The van der Waals surface area contributed by atoms with Crippen molar-refractivity contribution in [3.05, 3.63) is 59.7 Å². The first kappa shape index (κ1) is 24.7. The molecule has 0 aromatic heterocycles. The number of likely N-dealkylation sites (tertiary alicyclic amines) is 1. The van der Waals surface area contributed by atoms with Gasteiger partial charge < -0.3 is 24.8 Å². The number of hydrogen-bond donors (Lipinski definition) is 2. The fourth-order valence-electron chi connectivity index (χ4n) is 5.19. The second-order valence-corrected chi connectivity index (χ2v) is 9.18. The van der Waals surface area contributed by atoms with Crippen LogP contribution >= 0.6 is 0 Å². The van der Waals surface area contributed by atoms with Gasteiger partial charge in [-0.1, -0.05) is 61.9 Å². The lowest BCUT2D eigenvalue weighted by Gasteiger charge is -2.40. The maximum Gasteiger partial charge on any atom is 0.407 e. The van der Waals surface area contributed by atoms with Gasteiger partial charge in [-0.25, -0.2) is 9.59 Å². The number of benzene rings is 2. The van der Waals surface area contributed by atoms with Gasteiger partial charge in [0.15, 0.2) is 5.60 Å². The van der Waals surface area contributed by atoms with Crippen LogP contribution in [0, 0.1) is 0 Å². The van der Waals surface area contributed by atoms with E-state index < -0.39 is 23.7 Å². The van der Waals surface area contributed by atoms with Crippen molar-refractivity contribution in [2.45, 2.75) is 50.2 Å². The number of alkyl carbamates (subject to hydrolysis) is 1. The molecule has 2 aliphatic rings. The van der Waals surface area contributed by atoms with Gasteiger partial charge >= 0.3 is 12.1 Å². The van der Waals surface area contributed by atoms with Crippen LogP contribution in [-0.2, 0) is 19.1 Å². The molecule has 1 fully saturated rings. The van der Waals surface area contributed by atoms with Crippen LogP contribution in [0.15, 0.2) is 48.5 Å². The zero-order valence-electron chi connectivity index (χ0n) is 20.2. The van der Waals surface area contributed by atoms with Crippen molar-refractivity contribution in [2.75, 3.05) is 26.8 Å². The molecule has 0 saturated carbocycles. The fraction of sp³-hybridized carbons (Fsp3) is 0.444. The smallest absolute Gasteiger partial charge is 0.407 e. The van der Waals surface area contributed by atoms with Gasteiger partial charge in [0.25, 0.3) is 0 Å².